The second kappa shape index (κ2) is 7.21. The van der Waals surface area contributed by atoms with Crippen LogP contribution in [0.2, 0.25) is 0 Å². The SMILES string of the molecule is CCS(=O)(=O)c1ccccc1C(=O)N(C)CCC(=O)OC. The van der Waals surface area contributed by atoms with Crippen molar-refractivity contribution in [2.45, 2.75) is 18.2 Å². The van der Waals surface area contributed by atoms with Crippen LogP contribution in [0.25, 0.3) is 0 Å². The van der Waals surface area contributed by atoms with E-state index in [4.69, 9.17) is 0 Å². The van der Waals surface area contributed by atoms with E-state index in [1.165, 1.54) is 38.1 Å². The number of rotatable bonds is 6. The highest BCUT2D eigenvalue weighted by molar-refractivity contribution is 7.91. The van der Waals surface area contributed by atoms with Crippen LogP contribution in [0.3, 0.4) is 0 Å². The zero-order valence-corrected chi connectivity index (χ0v) is 13.1. The average molecular weight is 313 g/mol. The summed E-state index contributed by atoms with van der Waals surface area (Å²) in [6, 6.07) is 6.07. The van der Waals surface area contributed by atoms with Gasteiger partial charge in [-0.2, -0.15) is 0 Å². The van der Waals surface area contributed by atoms with Gasteiger partial charge in [0, 0.05) is 13.6 Å². The molecule has 1 aromatic rings. The predicted molar refractivity (Wildman–Crippen MR) is 77.8 cm³/mol. The summed E-state index contributed by atoms with van der Waals surface area (Å²) in [5.41, 5.74) is 0.117. The smallest absolute Gasteiger partial charge is 0.307 e. The van der Waals surface area contributed by atoms with E-state index < -0.39 is 21.7 Å². The number of methoxy groups -OCH3 is 1. The lowest BCUT2D eigenvalue weighted by Crippen LogP contribution is -2.30. The van der Waals surface area contributed by atoms with E-state index in [1.807, 2.05) is 0 Å². The molecule has 0 saturated heterocycles. The van der Waals surface area contributed by atoms with Crippen molar-refractivity contribution in [1.82, 2.24) is 4.90 Å². The summed E-state index contributed by atoms with van der Waals surface area (Å²) in [4.78, 5) is 24.8. The first kappa shape index (κ1) is 17.2. The van der Waals surface area contributed by atoms with Gasteiger partial charge in [-0.1, -0.05) is 19.1 Å². The van der Waals surface area contributed by atoms with Gasteiger partial charge in [-0.3, -0.25) is 9.59 Å². The highest BCUT2D eigenvalue weighted by Crippen LogP contribution is 2.18. The number of amides is 1. The predicted octanol–water partition coefficient (Wildman–Crippen LogP) is 1.12. The maximum atomic E-state index is 12.3. The number of hydrogen-bond donors (Lipinski definition) is 0. The van der Waals surface area contributed by atoms with Crippen LogP contribution < -0.4 is 0 Å². The molecule has 0 unspecified atom stereocenters. The molecular formula is C14H19NO5S. The molecule has 0 aliphatic carbocycles. The number of esters is 1. The zero-order chi connectivity index (χ0) is 16.0. The van der Waals surface area contributed by atoms with Crippen LogP contribution in [0.4, 0.5) is 0 Å². The fourth-order valence-corrected chi connectivity index (χ4v) is 2.83. The number of hydrogen-bond acceptors (Lipinski definition) is 5. The minimum atomic E-state index is -3.48. The van der Waals surface area contributed by atoms with Gasteiger partial charge < -0.3 is 9.64 Å². The van der Waals surface area contributed by atoms with E-state index in [-0.39, 0.29) is 29.2 Å². The van der Waals surface area contributed by atoms with Gasteiger partial charge in [0.15, 0.2) is 9.84 Å². The van der Waals surface area contributed by atoms with E-state index in [0.717, 1.165) is 0 Å². The summed E-state index contributed by atoms with van der Waals surface area (Å²) in [6.45, 7) is 1.68. The maximum absolute atomic E-state index is 12.3. The molecule has 116 valence electrons. The Balaban J connectivity index is 3.01. The molecule has 0 spiro atoms. The molecule has 0 N–H and O–H groups in total. The molecule has 0 aromatic heterocycles. The molecular weight excluding hydrogens is 294 g/mol. The molecule has 7 heteroatoms. The quantitative estimate of drug-likeness (QED) is 0.735. The lowest BCUT2D eigenvalue weighted by atomic mass is 10.2. The van der Waals surface area contributed by atoms with E-state index in [2.05, 4.69) is 4.74 Å². The van der Waals surface area contributed by atoms with Crippen molar-refractivity contribution in [3.8, 4) is 0 Å². The van der Waals surface area contributed by atoms with Gasteiger partial charge in [-0.25, -0.2) is 8.42 Å². The van der Waals surface area contributed by atoms with Gasteiger partial charge in [-0.05, 0) is 12.1 Å². The third kappa shape index (κ3) is 4.29. The monoisotopic (exact) mass is 313 g/mol. The van der Waals surface area contributed by atoms with Crippen LogP contribution in [0.5, 0.6) is 0 Å². The molecule has 0 fully saturated rings. The Morgan fingerprint density at radius 1 is 1.24 bits per heavy atom. The third-order valence-electron chi connectivity index (χ3n) is 3.06. The second-order valence-electron chi connectivity index (χ2n) is 4.45. The van der Waals surface area contributed by atoms with Crippen LogP contribution in [-0.2, 0) is 19.4 Å². The Morgan fingerprint density at radius 3 is 2.43 bits per heavy atom. The summed E-state index contributed by atoms with van der Waals surface area (Å²) in [5, 5.41) is 0. The number of carbonyl (C=O) groups excluding carboxylic acids is 2. The minimum absolute atomic E-state index is 0.0161. The van der Waals surface area contributed by atoms with Gasteiger partial charge in [0.05, 0.1) is 29.7 Å². The molecule has 0 aliphatic heterocycles. The third-order valence-corrected chi connectivity index (χ3v) is 4.84. The summed E-state index contributed by atoms with van der Waals surface area (Å²) in [7, 11) is -0.697. The molecule has 0 heterocycles. The van der Waals surface area contributed by atoms with Crippen molar-refractivity contribution in [1.29, 1.82) is 0 Å². The van der Waals surface area contributed by atoms with Gasteiger partial charge in [-0.15, -0.1) is 0 Å². The van der Waals surface area contributed by atoms with Crippen LogP contribution in [0.1, 0.15) is 23.7 Å². The Morgan fingerprint density at radius 2 is 1.86 bits per heavy atom. The highest BCUT2D eigenvalue weighted by Gasteiger charge is 2.22. The minimum Gasteiger partial charge on any atom is -0.469 e. The fourth-order valence-electron chi connectivity index (χ4n) is 1.74. The van der Waals surface area contributed by atoms with Crippen molar-refractivity contribution >= 4 is 21.7 Å². The Bertz CT molecular complexity index is 624. The van der Waals surface area contributed by atoms with E-state index in [9.17, 15) is 18.0 Å². The number of carbonyl (C=O) groups is 2. The lowest BCUT2D eigenvalue weighted by molar-refractivity contribution is -0.140. The summed E-state index contributed by atoms with van der Waals surface area (Å²) >= 11 is 0. The Labute approximate surface area is 124 Å². The van der Waals surface area contributed by atoms with Crippen molar-refractivity contribution in [2.24, 2.45) is 0 Å². The highest BCUT2D eigenvalue weighted by atomic mass is 32.2. The van der Waals surface area contributed by atoms with Crippen LogP contribution in [-0.4, -0.2) is 51.6 Å². The Hall–Kier alpha value is -1.89. The molecule has 1 rings (SSSR count). The van der Waals surface area contributed by atoms with Gasteiger partial charge in [0.25, 0.3) is 5.91 Å². The molecule has 0 saturated carbocycles. The molecule has 0 bridgehead atoms. The molecule has 0 radical (unpaired) electrons. The first-order valence-electron chi connectivity index (χ1n) is 6.47. The number of nitrogens with zero attached hydrogens (tertiary/aromatic N) is 1. The fraction of sp³-hybridized carbons (Fsp3) is 0.429. The molecule has 21 heavy (non-hydrogen) atoms. The molecule has 0 atom stereocenters. The second-order valence-corrected chi connectivity index (χ2v) is 6.70. The number of benzene rings is 1. The number of ether oxygens (including phenoxy) is 1. The normalized spacial score (nSPS) is 11.0. The standard InChI is InChI=1S/C14H19NO5S/c1-4-21(18,19)12-8-6-5-7-11(12)14(17)15(2)10-9-13(16)20-3/h5-8H,4,9-10H2,1-3H3. The summed E-state index contributed by atoms with van der Waals surface area (Å²) < 4.78 is 28.5. The van der Waals surface area contributed by atoms with Gasteiger partial charge in [0.2, 0.25) is 0 Å². The zero-order valence-electron chi connectivity index (χ0n) is 12.3. The van der Waals surface area contributed by atoms with Gasteiger partial charge >= 0.3 is 5.97 Å². The van der Waals surface area contributed by atoms with Crippen LogP contribution >= 0.6 is 0 Å². The first-order valence-corrected chi connectivity index (χ1v) is 8.12. The lowest BCUT2D eigenvalue weighted by Gasteiger charge is -2.18. The van der Waals surface area contributed by atoms with Gasteiger partial charge in [0.1, 0.15) is 0 Å². The van der Waals surface area contributed by atoms with Crippen LogP contribution in [0, 0.1) is 0 Å². The van der Waals surface area contributed by atoms with E-state index >= 15 is 0 Å². The molecule has 1 aromatic carbocycles. The van der Waals surface area contributed by atoms with E-state index in [0.29, 0.717) is 0 Å². The number of sulfone groups is 1. The van der Waals surface area contributed by atoms with Crippen molar-refractivity contribution in [3.63, 3.8) is 0 Å². The molecule has 1 amide bonds. The van der Waals surface area contributed by atoms with Crippen molar-refractivity contribution < 1.29 is 22.7 Å². The Kier molecular flexibility index (Phi) is 5.90. The molecule has 6 nitrogen and oxygen atoms in total. The van der Waals surface area contributed by atoms with Crippen LogP contribution in [0.15, 0.2) is 29.2 Å². The van der Waals surface area contributed by atoms with Crippen molar-refractivity contribution in [2.75, 3.05) is 26.5 Å². The summed E-state index contributed by atoms with van der Waals surface area (Å²) in [6.07, 6.45) is 0.0570. The average Bonchev–Trinajstić information content (AvgIpc) is 2.51. The van der Waals surface area contributed by atoms with Crippen molar-refractivity contribution in [3.05, 3.63) is 29.8 Å². The largest absolute Gasteiger partial charge is 0.469 e. The maximum Gasteiger partial charge on any atom is 0.307 e. The topological polar surface area (TPSA) is 80.8 Å². The first-order chi connectivity index (χ1) is 9.83. The molecule has 0 aliphatic rings. The summed E-state index contributed by atoms with van der Waals surface area (Å²) in [5.74, 6) is -0.945. The van der Waals surface area contributed by atoms with E-state index in [1.54, 1.807) is 12.1 Å².